The lowest BCUT2D eigenvalue weighted by Crippen LogP contribution is -2.44. The van der Waals surface area contributed by atoms with Gasteiger partial charge in [-0.05, 0) is 12.5 Å². The Kier molecular flexibility index (Phi) is 4.37. The van der Waals surface area contributed by atoms with Crippen molar-refractivity contribution in [1.29, 1.82) is 0 Å². The maximum absolute atomic E-state index is 14.1. The topological polar surface area (TPSA) is 52.6 Å². The fraction of sp³-hybridized carbons (Fsp3) is 0.467. The monoisotopic (exact) mass is 298 g/mol. The molecule has 1 aliphatic heterocycles. The number of ether oxygens (including phenoxy) is 2. The molecule has 1 aliphatic rings. The van der Waals surface area contributed by atoms with Crippen molar-refractivity contribution in [1.82, 2.24) is 0 Å². The maximum atomic E-state index is 14.1. The number of hydrogen-bond donors (Lipinski definition) is 0. The van der Waals surface area contributed by atoms with Gasteiger partial charge in [-0.2, -0.15) is 8.78 Å². The average molecular weight is 298 g/mol. The first kappa shape index (κ1) is 15.6. The molecule has 1 aromatic carbocycles. The van der Waals surface area contributed by atoms with E-state index in [4.69, 9.17) is 4.74 Å². The number of ketones is 1. The summed E-state index contributed by atoms with van der Waals surface area (Å²) in [5, 5.41) is 0. The van der Waals surface area contributed by atoms with E-state index in [1.165, 1.54) is 6.92 Å². The SMILES string of the molecule is CCOC(=O)C(F)(F)CC1(c2ccccc2)COCC1=O. The molecule has 0 saturated carbocycles. The van der Waals surface area contributed by atoms with E-state index in [0.717, 1.165) is 0 Å². The molecular weight excluding hydrogens is 282 g/mol. The van der Waals surface area contributed by atoms with Crippen LogP contribution in [0.1, 0.15) is 18.9 Å². The Hall–Kier alpha value is -1.82. The first-order chi connectivity index (χ1) is 9.92. The van der Waals surface area contributed by atoms with E-state index in [1.807, 2.05) is 0 Å². The van der Waals surface area contributed by atoms with Gasteiger partial charge in [-0.3, -0.25) is 4.79 Å². The van der Waals surface area contributed by atoms with Crippen LogP contribution in [0.25, 0.3) is 0 Å². The Morgan fingerprint density at radius 3 is 2.57 bits per heavy atom. The summed E-state index contributed by atoms with van der Waals surface area (Å²) in [6.07, 6.45) is -0.943. The summed E-state index contributed by atoms with van der Waals surface area (Å²) in [4.78, 5) is 23.6. The van der Waals surface area contributed by atoms with E-state index in [2.05, 4.69) is 4.74 Å². The lowest BCUT2D eigenvalue weighted by atomic mass is 9.74. The highest BCUT2D eigenvalue weighted by atomic mass is 19.3. The summed E-state index contributed by atoms with van der Waals surface area (Å²) in [5.74, 6) is -5.80. The summed E-state index contributed by atoms with van der Waals surface area (Å²) in [6, 6.07) is 8.22. The van der Waals surface area contributed by atoms with Crippen molar-refractivity contribution in [2.75, 3.05) is 19.8 Å². The minimum atomic E-state index is -3.74. The molecule has 1 saturated heterocycles. The van der Waals surface area contributed by atoms with Crippen LogP contribution in [0.2, 0.25) is 0 Å². The fourth-order valence-corrected chi connectivity index (χ4v) is 2.48. The van der Waals surface area contributed by atoms with Crippen LogP contribution in [0, 0.1) is 0 Å². The number of carbonyl (C=O) groups excluding carboxylic acids is 2. The zero-order chi connectivity index (χ0) is 15.5. The van der Waals surface area contributed by atoms with Gasteiger partial charge < -0.3 is 9.47 Å². The van der Waals surface area contributed by atoms with Gasteiger partial charge in [0.25, 0.3) is 0 Å². The Bertz CT molecular complexity index is 530. The molecule has 4 nitrogen and oxygen atoms in total. The van der Waals surface area contributed by atoms with Gasteiger partial charge in [-0.15, -0.1) is 0 Å². The molecule has 114 valence electrons. The molecule has 0 aliphatic carbocycles. The van der Waals surface area contributed by atoms with Crippen molar-refractivity contribution >= 4 is 11.8 Å². The van der Waals surface area contributed by atoms with Crippen LogP contribution < -0.4 is 0 Å². The second-order valence-corrected chi connectivity index (χ2v) is 4.97. The highest BCUT2D eigenvalue weighted by molar-refractivity contribution is 5.94. The molecule has 1 aromatic rings. The lowest BCUT2D eigenvalue weighted by Gasteiger charge is -2.29. The molecule has 0 bridgehead atoms. The molecule has 0 radical (unpaired) electrons. The number of rotatable bonds is 5. The van der Waals surface area contributed by atoms with Crippen molar-refractivity contribution in [3.63, 3.8) is 0 Å². The van der Waals surface area contributed by atoms with Crippen LogP contribution in [0.3, 0.4) is 0 Å². The molecule has 1 fully saturated rings. The highest BCUT2D eigenvalue weighted by Crippen LogP contribution is 2.40. The van der Waals surface area contributed by atoms with Crippen molar-refractivity contribution in [3.8, 4) is 0 Å². The summed E-state index contributed by atoms with van der Waals surface area (Å²) in [6.45, 7) is 0.917. The van der Waals surface area contributed by atoms with Crippen LogP contribution in [-0.2, 0) is 24.5 Å². The molecule has 1 atom stereocenters. The minimum absolute atomic E-state index is 0.142. The number of esters is 1. The van der Waals surface area contributed by atoms with Crippen LogP contribution in [0.5, 0.6) is 0 Å². The highest BCUT2D eigenvalue weighted by Gasteiger charge is 2.55. The van der Waals surface area contributed by atoms with Crippen LogP contribution in [-0.4, -0.2) is 37.5 Å². The van der Waals surface area contributed by atoms with E-state index in [0.29, 0.717) is 5.56 Å². The predicted molar refractivity (Wildman–Crippen MR) is 70.1 cm³/mol. The second kappa shape index (κ2) is 5.89. The van der Waals surface area contributed by atoms with Gasteiger partial charge >= 0.3 is 11.9 Å². The minimum Gasteiger partial charge on any atom is -0.462 e. The first-order valence-electron chi connectivity index (χ1n) is 6.64. The third-order valence-electron chi connectivity index (χ3n) is 3.54. The number of Topliss-reactive ketones (excluding diaryl/α,β-unsaturated/α-hetero) is 1. The maximum Gasteiger partial charge on any atom is 0.377 e. The van der Waals surface area contributed by atoms with Gasteiger partial charge in [0.05, 0.1) is 18.6 Å². The number of carbonyl (C=O) groups is 2. The van der Waals surface area contributed by atoms with Crippen molar-refractivity contribution in [3.05, 3.63) is 35.9 Å². The predicted octanol–water partition coefficient (Wildman–Crippen LogP) is 2.11. The van der Waals surface area contributed by atoms with Gasteiger partial charge in [-0.1, -0.05) is 30.3 Å². The average Bonchev–Trinajstić information content (AvgIpc) is 2.82. The molecule has 1 heterocycles. The molecule has 6 heteroatoms. The quantitative estimate of drug-likeness (QED) is 0.781. The Balaban J connectivity index is 2.35. The van der Waals surface area contributed by atoms with Crippen molar-refractivity contribution < 1.29 is 27.8 Å². The van der Waals surface area contributed by atoms with Gasteiger partial charge in [0.2, 0.25) is 0 Å². The molecule has 0 aromatic heterocycles. The normalized spacial score (nSPS) is 22.3. The smallest absolute Gasteiger partial charge is 0.377 e. The Labute approximate surface area is 121 Å². The van der Waals surface area contributed by atoms with Gasteiger partial charge in [0, 0.05) is 6.42 Å². The first-order valence-corrected chi connectivity index (χ1v) is 6.64. The van der Waals surface area contributed by atoms with Gasteiger partial charge in [0.1, 0.15) is 6.61 Å². The van der Waals surface area contributed by atoms with E-state index < -0.39 is 29.5 Å². The summed E-state index contributed by atoms with van der Waals surface area (Å²) in [5.41, 5.74) is -1.08. The third-order valence-corrected chi connectivity index (χ3v) is 3.54. The lowest BCUT2D eigenvalue weighted by molar-refractivity contribution is -0.174. The zero-order valence-corrected chi connectivity index (χ0v) is 11.6. The molecule has 1 unspecified atom stereocenters. The third kappa shape index (κ3) is 2.95. The van der Waals surface area contributed by atoms with Crippen LogP contribution in [0.4, 0.5) is 8.78 Å². The van der Waals surface area contributed by atoms with E-state index in [9.17, 15) is 18.4 Å². The molecule has 2 rings (SSSR count). The number of hydrogen-bond acceptors (Lipinski definition) is 4. The summed E-state index contributed by atoms with van der Waals surface area (Å²) in [7, 11) is 0. The van der Waals surface area contributed by atoms with E-state index in [1.54, 1.807) is 30.3 Å². The standard InChI is InChI=1S/C15H16F2O4/c1-2-21-13(19)15(16,17)9-14(10-20-8-12(14)18)11-6-4-3-5-7-11/h3-7H,2,8-10H2,1H3. The Morgan fingerprint density at radius 1 is 1.38 bits per heavy atom. The van der Waals surface area contributed by atoms with Crippen LogP contribution >= 0.6 is 0 Å². The molecular formula is C15H16F2O4. The molecule has 0 amide bonds. The Morgan fingerprint density at radius 2 is 2.05 bits per heavy atom. The molecule has 21 heavy (non-hydrogen) atoms. The van der Waals surface area contributed by atoms with E-state index >= 15 is 0 Å². The number of halogens is 2. The zero-order valence-electron chi connectivity index (χ0n) is 11.6. The fourth-order valence-electron chi connectivity index (χ4n) is 2.48. The molecule has 0 N–H and O–H groups in total. The largest absolute Gasteiger partial charge is 0.462 e. The number of alkyl halides is 2. The van der Waals surface area contributed by atoms with Gasteiger partial charge in [0.15, 0.2) is 5.78 Å². The van der Waals surface area contributed by atoms with Crippen LogP contribution in [0.15, 0.2) is 30.3 Å². The summed E-state index contributed by atoms with van der Waals surface area (Å²) >= 11 is 0. The number of benzene rings is 1. The second-order valence-electron chi connectivity index (χ2n) is 4.97. The van der Waals surface area contributed by atoms with Gasteiger partial charge in [-0.25, -0.2) is 4.79 Å². The van der Waals surface area contributed by atoms with Crippen molar-refractivity contribution in [2.24, 2.45) is 0 Å². The summed E-state index contributed by atoms with van der Waals surface area (Å²) < 4.78 is 37.6. The van der Waals surface area contributed by atoms with Crippen molar-refractivity contribution in [2.45, 2.75) is 24.7 Å². The van der Waals surface area contributed by atoms with E-state index in [-0.39, 0.29) is 19.8 Å². The molecule has 0 spiro atoms.